The van der Waals surface area contributed by atoms with Crippen molar-refractivity contribution in [2.24, 2.45) is 0 Å². The zero-order valence-corrected chi connectivity index (χ0v) is 7.10. The molecular formula is C8H12FN3. The molecule has 12 heavy (non-hydrogen) atoms. The first-order valence-electron chi connectivity index (χ1n) is 4.10. The molecule has 0 saturated carbocycles. The maximum Gasteiger partial charge on any atom is 0.134 e. The van der Waals surface area contributed by atoms with Gasteiger partial charge in [0.1, 0.15) is 6.67 Å². The summed E-state index contributed by atoms with van der Waals surface area (Å²) in [6.07, 6.45) is 0.918. The zero-order chi connectivity index (χ0) is 8.55. The minimum Gasteiger partial charge on any atom is -0.300 e. The topological polar surface area (TPSA) is 31.9 Å². The molecule has 2 rings (SSSR count). The SMILES string of the molecule is CN1CCc2c(CF)n[nH]c2C1. The lowest BCUT2D eigenvalue weighted by Gasteiger charge is -2.21. The van der Waals surface area contributed by atoms with Gasteiger partial charge in [0.2, 0.25) is 0 Å². The average molecular weight is 169 g/mol. The summed E-state index contributed by atoms with van der Waals surface area (Å²) >= 11 is 0. The molecule has 3 nitrogen and oxygen atoms in total. The molecular weight excluding hydrogens is 157 g/mol. The lowest BCUT2D eigenvalue weighted by Crippen LogP contribution is -2.26. The van der Waals surface area contributed by atoms with E-state index in [1.165, 1.54) is 0 Å². The smallest absolute Gasteiger partial charge is 0.134 e. The molecule has 0 spiro atoms. The van der Waals surface area contributed by atoms with Gasteiger partial charge in [-0.3, -0.25) is 5.10 Å². The fourth-order valence-electron chi connectivity index (χ4n) is 1.63. The van der Waals surface area contributed by atoms with Gasteiger partial charge in [-0.2, -0.15) is 5.10 Å². The number of nitrogens with zero attached hydrogens (tertiary/aromatic N) is 2. The van der Waals surface area contributed by atoms with E-state index < -0.39 is 6.67 Å². The number of H-pyrrole nitrogens is 1. The molecule has 1 aromatic heterocycles. The minimum absolute atomic E-state index is 0.449. The highest BCUT2D eigenvalue weighted by atomic mass is 19.1. The fourth-order valence-corrected chi connectivity index (χ4v) is 1.63. The van der Waals surface area contributed by atoms with Crippen molar-refractivity contribution < 1.29 is 4.39 Å². The van der Waals surface area contributed by atoms with Crippen LogP contribution in [0.3, 0.4) is 0 Å². The van der Waals surface area contributed by atoms with Crippen molar-refractivity contribution in [2.45, 2.75) is 19.6 Å². The van der Waals surface area contributed by atoms with Gasteiger partial charge in [0, 0.05) is 18.7 Å². The molecule has 0 aliphatic carbocycles. The Morgan fingerprint density at radius 3 is 3.25 bits per heavy atom. The van der Waals surface area contributed by atoms with Crippen molar-refractivity contribution in [3.8, 4) is 0 Å². The Morgan fingerprint density at radius 2 is 2.50 bits per heavy atom. The fraction of sp³-hybridized carbons (Fsp3) is 0.625. The molecule has 1 aliphatic rings. The van der Waals surface area contributed by atoms with Crippen molar-refractivity contribution in [2.75, 3.05) is 13.6 Å². The van der Waals surface area contributed by atoms with Gasteiger partial charge in [0.15, 0.2) is 0 Å². The number of alkyl halides is 1. The molecule has 0 fully saturated rings. The van der Waals surface area contributed by atoms with Gasteiger partial charge in [-0.1, -0.05) is 0 Å². The third kappa shape index (κ3) is 1.12. The lowest BCUT2D eigenvalue weighted by molar-refractivity contribution is 0.308. The predicted molar refractivity (Wildman–Crippen MR) is 43.4 cm³/mol. The number of likely N-dealkylation sites (N-methyl/N-ethyl adjacent to an activating group) is 1. The van der Waals surface area contributed by atoms with Crippen LogP contribution in [0.5, 0.6) is 0 Å². The quantitative estimate of drug-likeness (QED) is 0.676. The van der Waals surface area contributed by atoms with Crippen LogP contribution in [0.15, 0.2) is 0 Å². The van der Waals surface area contributed by atoms with Gasteiger partial charge >= 0.3 is 0 Å². The Labute approximate surface area is 70.6 Å². The summed E-state index contributed by atoms with van der Waals surface area (Å²) in [5.74, 6) is 0. The van der Waals surface area contributed by atoms with Crippen molar-refractivity contribution in [1.82, 2.24) is 15.1 Å². The molecule has 0 amide bonds. The molecule has 0 aromatic carbocycles. The van der Waals surface area contributed by atoms with E-state index in [1.807, 2.05) is 0 Å². The van der Waals surface area contributed by atoms with Crippen LogP contribution in [0.4, 0.5) is 4.39 Å². The summed E-state index contributed by atoms with van der Waals surface area (Å²) in [5.41, 5.74) is 2.77. The summed E-state index contributed by atoms with van der Waals surface area (Å²) in [6, 6.07) is 0. The first-order chi connectivity index (χ1) is 5.81. The van der Waals surface area contributed by atoms with E-state index >= 15 is 0 Å². The van der Waals surface area contributed by atoms with Gasteiger partial charge < -0.3 is 4.90 Å². The molecule has 0 atom stereocenters. The van der Waals surface area contributed by atoms with Crippen LogP contribution >= 0.6 is 0 Å². The summed E-state index contributed by atoms with van der Waals surface area (Å²) in [4.78, 5) is 2.20. The molecule has 0 radical (unpaired) electrons. The molecule has 66 valence electrons. The van der Waals surface area contributed by atoms with Crippen molar-refractivity contribution in [1.29, 1.82) is 0 Å². The van der Waals surface area contributed by atoms with Gasteiger partial charge in [-0.25, -0.2) is 4.39 Å². The lowest BCUT2D eigenvalue weighted by atomic mass is 10.1. The molecule has 0 bridgehead atoms. The van der Waals surface area contributed by atoms with E-state index in [4.69, 9.17) is 0 Å². The van der Waals surface area contributed by atoms with Crippen molar-refractivity contribution in [3.05, 3.63) is 17.0 Å². The van der Waals surface area contributed by atoms with Crippen LogP contribution in [0, 0.1) is 0 Å². The number of fused-ring (bicyclic) bond motifs is 1. The van der Waals surface area contributed by atoms with Crippen LogP contribution in [-0.4, -0.2) is 28.7 Å². The number of aromatic amines is 1. The van der Waals surface area contributed by atoms with Crippen LogP contribution in [0.2, 0.25) is 0 Å². The first kappa shape index (κ1) is 7.73. The summed E-state index contributed by atoms with van der Waals surface area (Å²) in [7, 11) is 2.05. The Balaban J connectivity index is 2.32. The zero-order valence-electron chi connectivity index (χ0n) is 7.10. The minimum atomic E-state index is -0.449. The average Bonchev–Trinajstić information content (AvgIpc) is 2.46. The summed E-state index contributed by atoms with van der Waals surface area (Å²) < 4.78 is 12.3. The highest BCUT2D eigenvalue weighted by Crippen LogP contribution is 2.19. The second-order valence-corrected chi connectivity index (χ2v) is 3.25. The Hall–Kier alpha value is -0.900. The molecule has 0 unspecified atom stereocenters. The Bertz CT molecular complexity index is 282. The van der Waals surface area contributed by atoms with Gasteiger partial charge in [-0.15, -0.1) is 0 Å². The van der Waals surface area contributed by atoms with Crippen molar-refractivity contribution in [3.63, 3.8) is 0 Å². The number of hydrogen-bond donors (Lipinski definition) is 1. The maximum absolute atomic E-state index is 12.3. The number of halogens is 1. The monoisotopic (exact) mass is 169 g/mol. The first-order valence-corrected chi connectivity index (χ1v) is 4.10. The van der Waals surface area contributed by atoms with Gasteiger partial charge in [0.05, 0.1) is 11.4 Å². The number of hydrogen-bond acceptors (Lipinski definition) is 2. The Kier molecular flexibility index (Phi) is 1.84. The third-order valence-electron chi connectivity index (χ3n) is 2.34. The van der Waals surface area contributed by atoms with E-state index in [9.17, 15) is 4.39 Å². The molecule has 4 heteroatoms. The van der Waals surface area contributed by atoms with E-state index in [-0.39, 0.29) is 0 Å². The predicted octanol–water partition coefficient (Wildman–Crippen LogP) is 0.867. The van der Waals surface area contributed by atoms with Gasteiger partial charge in [0.25, 0.3) is 0 Å². The number of rotatable bonds is 1. The molecule has 1 aromatic rings. The summed E-state index contributed by atoms with van der Waals surface area (Å²) in [5, 5.41) is 6.80. The maximum atomic E-state index is 12.3. The Morgan fingerprint density at radius 1 is 1.67 bits per heavy atom. The third-order valence-corrected chi connectivity index (χ3v) is 2.34. The molecule has 2 heterocycles. The summed E-state index contributed by atoms with van der Waals surface area (Å²) in [6.45, 7) is 1.41. The number of aromatic nitrogens is 2. The van der Waals surface area contributed by atoms with Gasteiger partial charge in [-0.05, 0) is 13.5 Å². The molecule has 0 saturated heterocycles. The van der Waals surface area contributed by atoms with Crippen LogP contribution in [0.1, 0.15) is 17.0 Å². The van der Waals surface area contributed by atoms with E-state index in [1.54, 1.807) is 0 Å². The van der Waals surface area contributed by atoms with E-state index in [2.05, 4.69) is 22.1 Å². The highest BCUT2D eigenvalue weighted by Gasteiger charge is 2.18. The van der Waals surface area contributed by atoms with Crippen molar-refractivity contribution >= 4 is 0 Å². The van der Waals surface area contributed by atoms with Crippen LogP contribution in [0.25, 0.3) is 0 Å². The second kappa shape index (κ2) is 2.86. The van der Waals surface area contributed by atoms with Crippen LogP contribution in [-0.2, 0) is 19.6 Å². The van der Waals surface area contributed by atoms with E-state index in [0.29, 0.717) is 5.69 Å². The molecule has 1 aliphatic heterocycles. The largest absolute Gasteiger partial charge is 0.300 e. The standard InChI is InChI=1S/C8H12FN3/c1-12-3-2-6-7(4-9)10-11-8(6)5-12/h2-5H2,1H3,(H,10,11). The highest BCUT2D eigenvalue weighted by molar-refractivity contribution is 5.27. The number of nitrogens with one attached hydrogen (secondary N) is 1. The van der Waals surface area contributed by atoms with E-state index in [0.717, 1.165) is 30.8 Å². The second-order valence-electron chi connectivity index (χ2n) is 3.25. The van der Waals surface area contributed by atoms with Crippen LogP contribution < -0.4 is 0 Å². The molecule has 1 N–H and O–H groups in total. The normalized spacial score (nSPS) is 17.8.